The highest BCUT2D eigenvalue weighted by molar-refractivity contribution is 5.36. The lowest BCUT2D eigenvalue weighted by atomic mass is 10.1. The molecule has 0 bridgehead atoms. The Hall–Kier alpha value is -1.45. The first-order valence-electron chi connectivity index (χ1n) is 5.30. The van der Waals surface area contributed by atoms with Crippen molar-refractivity contribution in [3.05, 3.63) is 23.9 Å². The van der Waals surface area contributed by atoms with Gasteiger partial charge in [0.15, 0.2) is 5.65 Å². The van der Waals surface area contributed by atoms with Crippen molar-refractivity contribution in [2.24, 2.45) is 0 Å². The van der Waals surface area contributed by atoms with Gasteiger partial charge in [0, 0.05) is 12.1 Å². The van der Waals surface area contributed by atoms with Crippen LogP contribution in [-0.4, -0.2) is 19.6 Å². The van der Waals surface area contributed by atoms with E-state index in [0.717, 1.165) is 17.2 Å². The predicted octanol–water partition coefficient (Wildman–Crippen LogP) is 2.37. The Balaban J connectivity index is 2.61. The molecule has 15 heavy (non-hydrogen) atoms. The van der Waals surface area contributed by atoms with E-state index in [1.807, 2.05) is 10.6 Å². The molecule has 0 fully saturated rings. The zero-order valence-corrected chi connectivity index (χ0v) is 9.60. The smallest absolute Gasteiger partial charge is 0.179 e. The van der Waals surface area contributed by atoms with Crippen molar-refractivity contribution in [2.75, 3.05) is 0 Å². The van der Waals surface area contributed by atoms with Crippen LogP contribution in [0.4, 0.5) is 0 Å². The molecule has 0 spiro atoms. The molecule has 0 aromatic carbocycles. The second-order valence-corrected chi connectivity index (χ2v) is 4.41. The van der Waals surface area contributed by atoms with E-state index >= 15 is 0 Å². The molecule has 0 atom stereocenters. The monoisotopic (exact) mass is 204 g/mol. The van der Waals surface area contributed by atoms with Crippen LogP contribution in [0, 0.1) is 0 Å². The molecule has 0 N–H and O–H groups in total. The van der Waals surface area contributed by atoms with Crippen LogP contribution in [0.3, 0.4) is 0 Å². The van der Waals surface area contributed by atoms with Gasteiger partial charge in [-0.05, 0) is 5.92 Å². The van der Waals surface area contributed by atoms with Crippen LogP contribution in [0.15, 0.2) is 12.4 Å². The standard InChI is InChI=1S/C11H16N4/c1-7(2)9-6-15-10(5-12-9)13-14-11(15)8(3)4/h5-8H,1-4H3. The third kappa shape index (κ3) is 1.71. The van der Waals surface area contributed by atoms with Gasteiger partial charge < -0.3 is 0 Å². The Bertz CT molecular complexity index is 470. The molecule has 0 aliphatic heterocycles. The van der Waals surface area contributed by atoms with Crippen LogP contribution in [-0.2, 0) is 0 Å². The summed E-state index contributed by atoms with van der Waals surface area (Å²) in [5, 5.41) is 8.26. The Morgan fingerprint density at radius 3 is 2.40 bits per heavy atom. The van der Waals surface area contributed by atoms with Crippen molar-refractivity contribution in [1.82, 2.24) is 19.6 Å². The molecule has 80 valence electrons. The van der Waals surface area contributed by atoms with E-state index in [4.69, 9.17) is 0 Å². The molecule has 2 aromatic rings. The summed E-state index contributed by atoms with van der Waals surface area (Å²) < 4.78 is 2.03. The van der Waals surface area contributed by atoms with Crippen molar-refractivity contribution in [2.45, 2.75) is 39.5 Å². The first kappa shape index (κ1) is 10.1. The van der Waals surface area contributed by atoms with Gasteiger partial charge in [-0.25, -0.2) is 0 Å². The minimum Gasteiger partial charge on any atom is -0.283 e. The molecule has 2 heterocycles. The first-order valence-corrected chi connectivity index (χ1v) is 5.30. The fourth-order valence-electron chi connectivity index (χ4n) is 1.53. The van der Waals surface area contributed by atoms with Gasteiger partial charge in [-0.2, -0.15) is 0 Å². The molecule has 0 radical (unpaired) electrons. The van der Waals surface area contributed by atoms with Gasteiger partial charge in [0.25, 0.3) is 0 Å². The van der Waals surface area contributed by atoms with Gasteiger partial charge in [-0.1, -0.05) is 27.7 Å². The molecule has 4 heteroatoms. The van der Waals surface area contributed by atoms with E-state index in [9.17, 15) is 0 Å². The molecule has 2 aromatic heterocycles. The van der Waals surface area contributed by atoms with Crippen LogP contribution in [0.25, 0.3) is 5.65 Å². The Kier molecular flexibility index (Phi) is 2.42. The fraction of sp³-hybridized carbons (Fsp3) is 0.545. The molecule has 0 amide bonds. The summed E-state index contributed by atoms with van der Waals surface area (Å²) in [6.07, 6.45) is 3.82. The molecule has 0 aliphatic carbocycles. The molecular weight excluding hydrogens is 188 g/mol. The highest BCUT2D eigenvalue weighted by Crippen LogP contribution is 2.16. The summed E-state index contributed by atoms with van der Waals surface area (Å²) in [5.74, 6) is 1.80. The highest BCUT2D eigenvalue weighted by atomic mass is 15.3. The van der Waals surface area contributed by atoms with E-state index in [0.29, 0.717) is 11.8 Å². The number of nitrogens with zero attached hydrogens (tertiary/aromatic N) is 4. The molecule has 0 saturated carbocycles. The van der Waals surface area contributed by atoms with Gasteiger partial charge in [0.05, 0.1) is 11.9 Å². The lowest BCUT2D eigenvalue weighted by Gasteiger charge is -2.06. The van der Waals surface area contributed by atoms with Gasteiger partial charge in [0.2, 0.25) is 0 Å². The average molecular weight is 204 g/mol. The number of aromatic nitrogens is 4. The minimum atomic E-state index is 0.377. The number of rotatable bonds is 2. The second kappa shape index (κ2) is 3.61. The minimum absolute atomic E-state index is 0.377. The van der Waals surface area contributed by atoms with Crippen molar-refractivity contribution in [3.63, 3.8) is 0 Å². The Labute approximate surface area is 89.4 Å². The molecule has 0 unspecified atom stereocenters. The molecule has 0 saturated heterocycles. The summed E-state index contributed by atoms with van der Waals surface area (Å²) in [4.78, 5) is 4.36. The quantitative estimate of drug-likeness (QED) is 0.754. The van der Waals surface area contributed by atoms with Crippen LogP contribution in [0.2, 0.25) is 0 Å². The zero-order valence-electron chi connectivity index (χ0n) is 9.60. The second-order valence-electron chi connectivity index (χ2n) is 4.41. The fourth-order valence-corrected chi connectivity index (χ4v) is 1.53. The van der Waals surface area contributed by atoms with Gasteiger partial charge in [0.1, 0.15) is 5.82 Å². The van der Waals surface area contributed by atoms with E-state index in [1.54, 1.807) is 6.20 Å². The van der Waals surface area contributed by atoms with E-state index in [2.05, 4.69) is 42.9 Å². The van der Waals surface area contributed by atoms with Crippen molar-refractivity contribution < 1.29 is 0 Å². The predicted molar refractivity (Wildman–Crippen MR) is 59.0 cm³/mol. The maximum Gasteiger partial charge on any atom is 0.179 e. The van der Waals surface area contributed by atoms with Crippen LogP contribution in [0.5, 0.6) is 0 Å². The molecule has 4 nitrogen and oxygen atoms in total. The third-order valence-corrected chi connectivity index (χ3v) is 2.45. The summed E-state index contributed by atoms with van der Waals surface area (Å²) in [6.45, 7) is 8.50. The van der Waals surface area contributed by atoms with E-state index in [1.165, 1.54) is 0 Å². The van der Waals surface area contributed by atoms with Crippen LogP contribution < -0.4 is 0 Å². The summed E-state index contributed by atoms with van der Waals surface area (Å²) in [5.41, 5.74) is 1.90. The van der Waals surface area contributed by atoms with Gasteiger partial charge in [-0.15, -0.1) is 10.2 Å². The Morgan fingerprint density at radius 2 is 1.80 bits per heavy atom. The maximum absolute atomic E-state index is 4.36. The molecular formula is C11H16N4. The van der Waals surface area contributed by atoms with Crippen molar-refractivity contribution in [3.8, 4) is 0 Å². The normalized spacial score (nSPS) is 11.9. The number of hydrogen-bond acceptors (Lipinski definition) is 3. The Morgan fingerprint density at radius 1 is 1.07 bits per heavy atom. The molecule has 0 aliphatic rings. The maximum atomic E-state index is 4.36. The number of fused-ring (bicyclic) bond motifs is 1. The lowest BCUT2D eigenvalue weighted by Crippen LogP contribution is -2.01. The van der Waals surface area contributed by atoms with Crippen LogP contribution >= 0.6 is 0 Å². The van der Waals surface area contributed by atoms with E-state index < -0.39 is 0 Å². The summed E-state index contributed by atoms with van der Waals surface area (Å²) in [6, 6.07) is 0. The summed E-state index contributed by atoms with van der Waals surface area (Å²) >= 11 is 0. The van der Waals surface area contributed by atoms with Crippen molar-refractivity contribution in [1.29, 1.82) is 0 Å². The van der Waals surface area contributed by atoms with Gasteiger partial charge in [-0.3, -0.25) is 9.38 Å². The first-order chi connectivity index (χ1) is 7.09. The largest absolute Gasteiger partial charge is 0.283 e. The topological polar surface area (TPSA) is 43.1 Å². The SMILES string of the molecule is CC(C)c1cn2c(C(C)C)nnc2cn1. The lowest BCUT2D eigenvalue weighted by molar-refractivity contribution is 0.745. The van der Waals surface area contributed by atoms with Crippen molar-refractivity contribution >= 4 is 5.65 Å². The summed E-state index contributed by atoms with van der Waals surface area (Å²) in [7, 11) is 0. The molecule has 2 rings (SSSR count). The average Bonchev–Trinajstić information content (AvgIpc) is 2.59. The highest BCUT2D eigenvalue weighted by Gasteiger charge is 2.10. The van der Waals surface area contributed by atoms with Gasteiger partial charge >= 0.3 is 0 Å². The van der Waals surface area contributed by atoms with Crippen LogP contribution in [0.1, 0.15) is 51.0 Å². The zero-order chi connectivity index (χ0) is 11.0. The third-order valence-electron chi connectivity index (χ3n) is 2.45. The number of hydrogen-bond donors (Lipinski definition) is 0. The van der Waals surface area contributed by atoms with E-state index in [-0.39, 0.29) is 0 Å².